The highest BCUT2D eigenvalue weighted by Gasteiger charge is 2.20. The van der Waals surface area contributed by atoms with Crippen LogP contribution in [0.1, 0.15) is 46.1 Å². The van der Waals surface area contributed by atoms with Crippen LogP contribution in [0.3, 0.4) is 0 Å². The summed E-state index contributed by atoms with van der Waals surface area (Å²) in [5, 5.41) is 0. The Hall–Kier alpha value is -1.42. The van der Waals surface area contributed by atoms with Crippen molar-refractivity contribution in [2.75, 3.05) is 6.54 Å². The van der Waals surface area contributed by atoms with Gasteiger partial charge in [0.25, 0.3) is 0 Å². The molecule has 1 aromatic heterocycles. The Bertz CT molecular complexity index is 411. The molecule has 0 aromatic carbocycles. The molecule has 1 heterocycles. The summed E-state index contributed by atoms with van der Waals surface area (Å²) in [7, 11) is 0. The molecule has 0 aliphatic heterocycles. The van der Waals surface area contributed by atoms with E-state index in [0.29, 0.717) is 19.5 Å². The van der Waals surface area contributed by atoms with Crippen molar-refractivity contribution in [1.29, 1.82) is 0 Å². The number of carbonyl (C=O) groups is 1. The van der Waals surface area contributed by atoms with Crippen molar-refractivity contribution in [3.05, 3.63) is 30.1 Å². The van der Waals surface area contributed by atoms with E-state index in [0.717, 1.165) is 12.0 Å². The first-order valence-corrected chi connectivity index (χ1v) is 7.24. The third kappa shape index (κ3) is 6.15. The molecule has 4 heteroatoms. The highest BCUT2D eigenvalue weighted by molar-refractivity contribution is 5.76. The maximum atomic E-state index is 12.3. The molecule has 0 aliphatic rings. The first kappa shape index (κ1) is 16.6. The second-order valence-electron chi connectivity index (χ2n) is 6.49. The Morgan fingerprint density at radius 3 is 2.45 bits per heavy atom. The quantitative estimate of drug-likeness (QED) is 0.869. The maximum Gasteiger partial charge on any atom is 0.224 e. The van der Waals surface area contributed by atoms with Crippen LogP contribution in [0.2, 0.25) is 0 Å². The maximum absolute atomic E-state index is 12.3. The average molecular weight is 277 g/mol. The van der Waals surface area contributed by atoms with Gasteiger partial charge >= 0.3 is 0 Å². The highest BCUT2D eigenvalue weighted by Crippen LogP contribution is 2.21. The van der Waals surface area contributed by atoms with E-state index in [4.69, 9.17) is 5.73 Å². The van der Waals surface area contributed by atoms with Gasteiger partial charge in [0.05, 0.1) is 0 Å². The molecule has 4 nitrogen and oxygen atoms in total. The number of nitrogens with two attached hydrogens (primary N) is 1. The van der Waals surface area contributed by atoms with Gasteiger partial charge in [-0.3, -0.25) is 9.78 Å². The highest BCUT2D eigenvalue weighted by atomic mass is 16.2. The lowest BCUT2D eigenvalue weighted by molar-refractivity contribution is -0.132. The van der Waals surface area contributed by atoms with Crippen LogP contribution in [-0.2, 0) is 11.3 Å². The van der Waals surface area contributed by atoms with Gasteiger partial charge in [0.2, 0.25) is 5.91 Å². The van der Waals surface area contributed by atoms with Crippen LogP contribution in [0.5, 0.6) is 0 Å². The zero-order valence-electron chi connectivity index (χ0n) is 13.1. The van der Waals surface area contributed by atoms with Crippen molar-refractivity contribution >= 4 is 5.91 Å². The SMILES string of the molecule is CCN(Cc1ccncc1)C(=O)CC(N)CC(C)(C)C. The van der Waals surface area contributed by atoms with Crippen LogP contribution < -0.4 is 5.73 Å². The number of rotatable bonds is 6. The van der Waals surface area contributed by atoms with Crippen LogP contribution in [0, 0.1) is 5.41 Å². The number of amides is 1. The van der Waals surface area contributed by atoms with Gasteiger partial charge in [-0.15, -0.1) is 0 Å². The third-order valence-corrected chi connectivity index (χ3v) is 3.17. The van der Waals surface area contributed by atoms with E-state index in [-0.39, 0.29) is 17.4 Å². The van der Waals surface area contributed by atoms with Crippen LogP contribution in [-0.4, -0.2) is 28.4 Å². The summed E-state index contributed by atoms with van der Waals surface area (Å²) < 4.78 is 0. The Labute approximate surface area is 122 Å². The number of carbonyl (C=O) groups excluding carboxylic acids is 1. The molecule has 1 aromatic rings. The summed E-state index contributed by atoms with van der Waals surface area (Å²) in [5.41, 5.74) is 7.34. The molecule has 0 bridgehead atoms. The molecular weight excluding hydrogens is 250 g/mol. The number of hydrogen-bond acceptors (Lipinski definition) is 3. The Balaban J connectivity index is 2.55. The summed E-state index contributed by atoms with van der Waals surface area (Å²) in [6.07, 6.45) is 4.76. The number of hydrogen-bond donors (Lipinski definition) is 1. The molecule has 112 valence electrons. The summed E-state index contributed by atoms with van der Waals surface area (Å²) in [5.74, 6) is 0.126. The second-order valence-corrected chi connectivity index (χ2v) is 6.49. The number of aromatic nitrogens is 1. The van der Waals surface area contributed by atoms with Crippen molar-refractivity contribution < 1.29 is 4.79 Å². The van der Waals surface area contributed by atoms with E-state index in [1.54, 1.807) is 12.4 Å². The molecular formula is C16H27N3O. The van der Waals surface area contributed by atoms with Crippen LogP contribution in [0.25, 0.3) is 0 Å². The van der Waals surface area contributed by atoms with Gasteiger partial charge < -0.3 is 10.6 Å². The molecule has 1 atom stereocenters. The van der Waals surface area contributed by atoms with Gasteiger partial charge in [-0.05, 0) is 36.5 Å². The Kier molecular flexibility index (Phi) is 6.14. The molecule has 1 amide bonds. The zero-order valence-corrected chi connectivity index (χ0v) is 13.1. The van der Waals surface area contributed by atoms with E-state index < -0.39 is 0 Å². The standard InChI is InChI=1S/C16H27N3O/c1-5-19(12-13-6-8-18-9-7-13)15(20)10-14(17)11-16(2,3)4/h6-9,14H,5,10-12,17H2,1-4H3. The normalized spacial score (nSPS) is 13.1. The van der Waals surface area contributed by atoms with E-state index in [2.05, 4.69) is 25.8 Å². The van der Waals surface area contributed by atoms with Crippen molar-refractivity contribution in [3.63, 3.8) is 0 Å². The van der Waals surface area contributed by atoms with Crippen molar-refractivity contribution in [3.8, 4) is 0 Å². The van der Waals surface area contributed by atoms with E-state index >= 15 is 0 Å². The Morgan fingerprint density at radius 2 is 1.95 bits per heavy atom. The van der Waals surface area contributed by atoms with Gasteiger partial charge in [0, 0.05) is 37.9 Å². The van der Waals surface area contributed by atoms with Crippen LogP contribution in [0.15, 0.2) is 24.5 Å². The van der Waals surface area contributed by atoms with Crippen LogP contribution >= 0.6 is 0 Å². The fourth-order valence-corrected chi connectivity index (χ4v) is 2.30. The summed E-state index contributed by atoms with van der Waals surface area (Å²) in [6, 6.07) is 3.80. The van der Waals surface area contributed by atoms with E-state index in [1.807, 2.05) is 24.0 Å². The number of pyridine rings is 1. The molecule has 0 aliphatic carbocycles. The second kappa shape index (κ2) is 7.39. The van der Waals surface area contributed by atoms with Gasteiger partial charge in [-0.1, -0.05) is 20.8 Å². The monoisotopic (exact) mass is 277 g/mol. The molecule has 0 saturated carbocycles. The van der Waals surface area contributed by atoms with Gasteiger partial charge in [-0.2, -0.15) is 0 Å². The minimum atomic E-state index is -0.0750. The summed E-state index contributed by atoms with van der Waals surface area (Å²) in [4.78, 5) is 18.1. The fourth-order valence-electron chi connectivity index (χ4n) is 2.30. The lowest BCUT2D eigenvalue weighted by atomic mass is 9.87. The third-order valence-electron chi connectivity index (χ3n) is 3.17. The molecule has 0 spiro atoms. The zero-order chi connectivity index (χ0) is 15.2. The molecule has 2 N–H and O–H groups in total. The topological polar surface area (TPSA) is 59.2 Å². The molecule has 0 fully saturated rings. The first-order valence-electron chi connectivity index (χ1n) is 7.24. The minimum absolute atomic E-state index is 0.0750. The van der Waals surface area contributed by atoms with Crippen molar-refractivity contribution in [1.82, 2.24) is 9.88 Å². The first-order chi connectivity index (χ1) is 9.31. The lowest BCUT2D eigenvalue weighted by Crippen LogP contribution is -2.37. The largest absolute Gasteiger partial charge is 0.339 e. The fraction of sp³-hybridized carbons (Fsp3) is 0.625. The number of nitrogens with zero attached hydrogens (tertiary/aromatic N) is 2. The van der Waals surface area contributed by atoms with Crippen LogP contribution in [0.4, 0.5) is 0 Å². The molecule has 20 heavy (non-hydrogen) atoms. The van der Waals surface area contributed by atoms with Crippen molar-refractivity contribution in [2.24, 2.45) is 11.1 Å². The van der Waals surface area contributed by atoms with Crippen molar-refractivity contribution in [2.45, 2.75) is 53.1 Å². The van der Waals surface area contributed by atoms with E-state index in [9.17, 15) is 4.79 Å². The van der Waals surface area contributed by atoms with Gasteiger partial charge in [-0.25, -0.2) is 0 Å². The molecule has 1 rings (SSSR count). The predicted octanol–water partition coefficient (Wildman–Crippen LogP) is 2.58. The minimum Gasteiger partial charge on any atom is -0.339 e. The molecule has 0 saturated heterocycles. The molecule has 0 radical (unpaired) electrons. The lowest BCUT2D eigenvalue weighted by Gasteiger charge is -2.26. The molecule has 1 unspecified atom stereocenters. The van der Waals surface area contributed by atoms with Gasteiger partial charge in [0.1, 0.15) is 0 Å². The van der Waals surface area contributed by atoms with Gasteiger partial charge in [0.15, 0.2) is 0 Å². The summed E-state index contributed by atoms with van der Waals surface area (Å²) in [6.45, 7) is 9.75. The Morgan fingerprint density at radius 1 is 1.35 bits per heavy atom. The summed E-state index contributed by atoms with van der Waals surface area (Å²) >= 11 is 0. The van der Waals surface area contributed by atoms with E-state index in [1.165, 1.54) is 0 Å². The smallest absolute Gasteiger partial charge is 0.224 e. The average Bonchev–Trinajstić information content (AvgIpc) is 2.34. The predicted molar refractivity (Wildman–Crippen MR) is 82.0 cm³/mol.